The van der Waals surface area contributed by atoms with E-state index in [4.69, 9.17) is 14.0 Å². The van der Waals surface area contributed by atoms with Crippen LogP contribution in [0.5, 0.6) is 11.5 Å². The minimum Gasteiger partial charge on any atom is -0.497 e. The van der Waals surface area contributed by atoms with Crippen LogP contribution in [0, 0.1) is 6.92 Å². The van der Waals surface area contributed by atoms with Crippen LogP contribution < -0.4 is 14.8 Å². The summed E-state index contributed by atoms with van der Waals surface area (Å²) in [5.74, 6) is 2.82. The molecule has 0 saturated carbocycles. The summed E-state index contributed by atoms with van der Waals surface area (Å²) in [6, 6.07) is 5.68. The van der Waals surface area contributed by atoms with Crippen molar-refractivity contribution in [3.63, 3.8) is 0 Å². The van der Waals surface area contributed by atoms with Crippen molar-refractivity contribution in [3.8, 4) is 11.5 Å². The zero-order valence-electron chi connectivity index (χ0n) is 11.3. The van der Waals surface area contributed by atoms with Gasteiger partial charge >= 0.3 is 0 Å². The number of methoxy groups -OCH3 is 2. The summed E-state index contributed by atoms with van der Waals surface area (Å²) in [6.45, 7) is 2.93. The van der Waals surface area contributed by atoms with E-state index in [1.54, 1.807) is 21.1 Å². The number of aryl methyl sites for hydroxylation is 1. The second-order valence-electron chi connectivity index (χ2n) is 4.02. The summed E-state index contributed by atoms with van der Waals surface area (Å²) in [5, 5.41) is 6.96. The topological polar surface area (TPSA) is 69.4 Å². The average Bonchev–Trinajstić information content (AvgIpc) is 2.84. The van der Waals surface area contributed by atoms with Gasteiger partial charge in [-0.05, 0) is 25.1 Å². The minimum absolute atomic E-state index is 0.515. The summed E-state index contributed by atoms with van der Waals surface area (Å²) in [7, 11) is 3.28. The molecule has 1 heterocycles. The van der Waals surface area contributed by atoms with Gasteiger partial charge in [0.25, 0.3) is 0 Å². The Balaban J connectivity index is 1.98. The molecule has 102 valence electrons. The Hall–Kier alpha value is -2.08. The van der Waals surface area contributed by atoms with Gasteiger partial charge < -0.3 is 19.3 Å². The highest BCUT2D eigenvalue weighted by Gasteiger charge is 2.06. The summed E-state index contributed by atoms with van der Waals surface area (Å²) < 4.78 is 15.5. The van der Waals surface area contributed by atoms with Crippen molar-refractivity contribution in [1.29, 1.82) is 0 Å². The van der Waals surface area contributed by atoms with Gasteiger partial charge in [-0.15, -0.1) is 0 Å². The molecule has 0 fully saturated rings. The SMILES string of the molecule is COc1ccc(OC)c(CNCc2nc(C)no2)c1. The lowest BCUT2D eigenvalue weighted by Gasteiger charge is -2.10. The first-order valence-electron chi connectivity index (χ1n) is 5.93. The Morgan fingerprint density at radius 3 is 2.68 bits per heavy atom. The molecule has 0 aliphatic rings. The number of hydrogen-bond acceptors (Lipinski definition) is 6. The van der Waals surface area contributed by atoms with Crippen LogP contribution in [0.1, 0.15) is 17.3 Å². The average molecular weight is 263 g/mol. The van der Waals surface area contributed by atoms with Crippen LogP contribution in [0.3, 0.4) is 0 Å². The first-order chi connectivity index (χ1) is 9.22. The molecule has 0 spiro atoms. The summed E-state index contributed by atoms with van der Waals surface area (Å²) in [5.41, 5.74) is 1.01. The summed E-state index contributed by atoms with van der Waals surface area (Å²) in [6.07, 6.45) is 0. The zero-order valence-corrected chi connectivity index (χ0v) is 11.3. The van der Waals surface area contributed by atoms with E-state index in [0.29, 0.717) is 24.8 Å². The number of aromatic nitrogens is 2. The normalized spacial score (nSPS) is 10.5. The van der Waals surface area contributed by atoms with Crippen molar-refractivity contribution in [1.82, 2.24) is 15.5 Å². The Morgan fingerprint density at radius 1 is 1.21 bits per heavy atom. The standard InChI is InChI=1S/C13H17N3O3/c1-9-15-13(19-16-9)8-14-7-10-6-11(17-2)4-5-12(10)18-3/h4-6,14H,7-8H2,1-3H3. The predicted octanol–water partition coefficient (Wildman–Crippen LogP) is 1.69. The van der Waals surface area contributed by atoms with Gasteiger partial charge in [0.05, 0.1) is 20.8 Å². The molecule has 0 aliphatic heterocycles. The number of nitrogens with one attached hydrogen (secondary N) is 1. The highest BCUT2D eigenvalue weighted by Crippen LogP contribution is 2.23. The van der Waals surface area contributed by atoms with Crippen molar-refractivity contribution in [2.45, 2.75) is 20.0 Å². The molecule has 1 aromatic heterocycles. The number of rotatable bonds is 6. The number of ether oxygens (including phenoxy) is 2. The predicted molar refractivity (Wildman–Crippen MR) is 69.1 cm³/mol. The fourth-order valence-electron chi connectivity index (χ4n) is 1.74. The van der Waals surface area contributed by atoms with Gasteiger partial charge in [0, 0.05) is 12.1 Å². The van der Waals surface area contributed by atoms with E-state index in [2.05, 4.69) is 15.5 Å². The molecule has 2 aromatic rings. The first kappa shape index (κ1) is 13.4. The third kappa shape index (κ3) is 3.45. The van der Waals surface area contributed by atoms with Crippen molar-refractivity contribution in [3.05, 3.63) is 35.5 Å². The number of nitrogens with zero attached hydrogens (tertiary/aromatic N) is 2. The molecule has 19 heavy (non-hydrogen) atoms. The van der Waals surface area contributed by atoms with Crippen molar-refractivity contribution in [2.75, 3.05) is 14.2 Å². The van der Waals surface area contributed by atoms with Crippen LogP contribution in [0.2, 0.25) is 0 Å². The van der Waals surface area contributed by atoms with Crippen LogP contribution in [-0.4, -0.2) is 24.4 Å². The molecule has 0 amide bonds. The van der Waals surface area contributed by atoms with Gasteiger partial charge in [-0.3, -0.25) is 0 Å². The maximum absolute atomic E-state index is 5.30. The smallest absolute Gasteiger partial charge is 0.240 e. The molecule has 0 atom stereocenters. The molecule has 0 radical (unpaired) electrons. The molecule has 6 heteroatoms. The lowest BCUT2D eigenvalue weighted by atomic mass is 10.2. The maximum atomic E-state index is 5.30. The van der Waals surface area contributed by atoms with Crippen molar-refractivity contribution in [2.24, 2.45) is 0 Å². The van der Waals surface area contributed by atoms with Gasteiger partial charge in [-0.2, -0.15) is 4.98 Å². The second kappa shape index (κ2) is 6.19. The lowest BCUT2D eigenvalue weighted by molar-refractivity contribution is 0.362. The van der Waals surface area contributed by atoms with Crippen molar-refractivity contribution < 1.29 is 14.0 Å². The Bertz CT molecular complexity index is 540. The van der Waals surface area contributed by atoms with Gasteiger partial charge in [-0.25, -0.2) is 0 Å². The third-order valence-corrected chi connectivity index (χ3v) is 2.65. The Morgan fingerprint density at radius 2 is 2.05 bits per heavy atom. The number of hydrogen-bond donors (Lipinski definition) is 1. The monoisotopic (exact) mass is 263 g/mol. The van der Waals surface area contributed by atoms with E-state index in [-0.39, 0.29) is 0 Å². The molecule has 6 nitrogen and oxygen atoms in total. The molecule has 1 N–H and O–H groups in total. The fraction of sp³-hybridized carbons (Fsp3) is 0.385. The number of benzene rings is 1. The van der Waals surface area contributed by atoms with E-state index >= 15 is 0 Å². The second-order valence-corrected chi connectivity index (χ2v) is 4.02. The molecular formula is C13H17N3O3. The molecule has 0 saturated heterocycles. The van der Waals surface area contributed by atoms with Gasteiger partial charge in [0.2, 0.25) is 5.89 Å². The summed E-state index contributed by atoms with van der Waals surface area (Å²) in [4.78, 5) is 4.12. The van der Waals surface area contributed by atoms with E-state index in [9.17, 15) is 0 Å². The van der Waals surface area contributed by atoms with E-state index < -0.39 is 0 Å². The van der Waals surface area contributed by atoms with Gasteiger partial charge in [0.1, 0.15) is 11.5 Å². The summed E-state index contributed by atoms with van der Waals surface area (Å²) >= 11 is 0. The highest BCUT2D eigenvalue weighted by molar-refractivity contribution is 5.40. The van der Waals surface area contributed by atoms with E-state index in [1.807, 2.05) is 18.2 Å². The van der Waals surface area contributed by atoms with Crippen LogP contribution >= 0.6 is 0 Å². The quantitative estimate of drug-likeness (QED) is 0.855. The molecule has 0 aliphatic carbocycles. The first-order valence-corrected chi connectivity index (χ1v) is 5.93. The maximum Gasteiger partial charge on any atom is 0.240 e. The fourth-order valence-corrected chi connectivity index (χ4v) is 1.74. The van der Waals surface area contributed by atoms with Gasteiger partial charge in [-0.1, -0.05) is 5.16 Å². The Labute approximate surface area is 111 Å². The largest absolute Gasteiger partial charge is 0.497 e. The molecule has 0 bridgehead atoms. The van der Waals surface area contributed by atoms with E-state index in [1.165, 1.54) is 0 Å². The van der Waals surface area contributed by atoms with Crippen LogP contribution in [0.4, 0.5) is 0 Å². The van der Waals surface area contributed by atoms with Crippen LogP contribution in [-0.2, 0) is 13.1 Å². The van der Waals surface area contributed by atoms with E-state index in [0.717, 1.165) is 17.1 Å². The molecule has 1 aromatic carbocycles. The van der Waals surface area contributed by atoms with Gasteiger partial charge in [0.15, 0.2) is 5.82 Å². The minimum atomic E-state index is 0.515. The molecule has 0 unspecified atom stereocenters. The van der Waals surface area contributed by atoms with Crippen molar-refractivity contribution >= 4 is 0 Å². The Kier molecular flexibility index (Phi) is 4.35. The lowest BCUT2D eigenvalue weighted by Crippen LogP contribution is -2.13. The molecular weight excluding hydrogens is 246 g/mol. The van der Waals surface area contributed by atoms with Crippen LogP contribution in [0.25, 0.3) is 0 Å². The van der Waals surface area contributed by atoms with Crippen LogP contribution in [0.15, 0.2) is 22.7 Å². The third-order valence-electron chi connectivity index (χ3n) is 2.65. The zero-order chi connectivity index (χ0) is 13.7. The highest BCUT2D eigenvalue weighted by atomic mass is 16.5. The molecule has 2 rings (SSSR count).